The SMILES string of the molecule is C#CC(CCC)NCc1cccc(/C(N)=N/O)c1F. The van der Waals surface area contributed by atoms with E-state index in [1.54, 1.807) is 12.1 Å². The third-order valence-electron chi connectivity index (χ3n) is 2.78. The van der Waals surface area contributed by atoms with Gasteiger partial charge in [0.15, 0.2) is 5.84 Å². The van der Waals surface area contributed by atoms with Gasteiger partial charge in [0.05, 0.1) is 11.6 Å². The summed E-state index contributed by atoms with van der Waals surface area (Å²) in [4.78, 5) is 0. The molecule has 1 unspecified atom stereocenters. The molecule has 0 saturated carbocycles. The standard InChI is InChI=1S/C14H18FN3O/c1-3-6-11(4-2)17-9-10-7-5-8-12(13(10)15)14(16)18-19/h2,5,7-8,11,17,19H,3,6,9H2,1H3,(H2,16,18). The monoisotopic (exact) mass is 263 g/mol. The highest BCUT2D eigenvalue weighted by Crippen LogP contribution is 2.13. The molecule has 0 aromatic heterocycles. The molecule has 0 fully saturated rings. The highest BCUT2D eigenvalue weighted by molar-refractivity contribution is 5.97. The molecule has 0 aliphatic heterocycles. The van der Waals surface area contributed by atoms with Crippen molar-refractivity contribution in [3.8, 4) is 12.3 Å². The number of nitrogens with zero attached hydrogens (tertiary/aromatic N) is 1. The third kappa shape index (κ3) is 3.97. The molecule has 1 aromatic carbocycles. The number of nitrogens with two attached hydrogens (primary N) is 1. The number of oxime groups is 1. The largest absolute Gasteiger partial charge is 0.409 e. The van der Waals surface area contributed by atoms with Gasteiger partial charge in [-0.25, -0.2) is 4.39 Å². The first-order valence-electron chi connectivity index (χ1n) is 6.08. The Morgan fingerprint density at radius 1 is 1.63 bits per heavy atom. The molecule has 0 aliphatic carbocycles. The average Bonchev–Trinajstić information content (AvgIpc) is 2.43. The van der Waals surface area contributed by atoms with E-state index in [4.69, 9.17) is 17.4 Å². The molecule has 0 radical (unpaired) electrons. The maximum atomic E-state index is 14.1. The van der Waals surface area contributed by atoms with Crippen LogP contribution in [0.25, 0.3) is 0 Å². The summed E-state index contributed by atoms with van der Waals surface area (Å²) < 4.78 is 14.1. The van der Waals surface area contributed by atoms with Crippen molar-refractivity contribution < 1.29 is 9.60 Å². The van der Waals surface area contributed by atoms with Gasteiger partial charge in [-0.3, -0.25) is 5.32 Å². The Labute approximate surface area is 112 Å². The maximum absolute atomic E-state index is 14.1. The first kappa shape index (κ1) is 15.0. The van der Waals surface area contributed by atoms with E-state index in [9.17, 15) is 4.39 Å². The highest BCUT2D eigenvalue weighted by atomic mass is 19.1. The van der Waals surface area contributed by atoms with Gasteiger partial charge in [-0.15, -0.1) is 6.42 Å². The second kappa shape index (κ2) is 7.39. The molecule has 1 atom stereocenters. The van der Waals surface area contributed by atoms with Gasteiger partial charge < -0.3 is 10.9 Å². The van der Waals surface area contributed by atoms with Crippen LogP contribution in [0.5, 0.6) is 0 Å². The first-order valence-corrected chi connectivity index (χ1v) is 6.08. The molecule has 1 aromatic rings. The molecule has 0 aliphatic rings. The Bertz CT molecular complexity index is 494. The van der Waals surface area contributed by atoms with Crippen molar-refractivity contribution in [2.45, 2.75) is 32.4 Å². The second-order valence-corrected chi connectivity index (χ2v) is 4.15. The number of amidine groups is 1. The van der Waals surface area contributed by atoms with Crippen molar-refractivity contribution in [3.63, 3.8) is 0 Å². The summed E-state index contributed by atoms with van der Waals surface area (Å²) in [5, 5.41) is 14.5. The minimum Gasteiger partial charge on any atom is -0.409 e. The normalized spacial score (nSPS) is 13.0. The van der Waals surface area contributed by atoms with E-state index in [1.165, 1.54) is 6.07 Å². The summed E-state index contributed by atoms with van der Waals surface area (Å²) >= 11 is 0. The van der Waals surface area contributed by atoms with E-state index < -0.39 is 5.82 Å². The lowest BCUT2D eigenvalue weighted by atomic mass is 10.1. The van der Waals surface area contributed by atoms with Gasteiger partial charge in [0.25, 0.3) is 0 Å². The highest BCUT2D eigenvalue weighted by Gasteiger charge is 2.12. The predicted octanol–water partition coefficient (Wildman–Crippen LogP) is 1.81. The molecular weight excluding hydrogens is 245 g/mol. The lowest BCUT2D eigenvalue weighted by Crippen LogP contribution is -2.27. The van der Waals surface area contributed by atoms with Crippen molar-refractivity contribution in [2.24, 2.45) is 10.9 Å². The minimum atomic E-state index is -0.502. The Hall–Kier alpha value is -2.06. The van der Waals surface area contributed by atoms with Crippen molar-refractivity contribution in [3.05, 3.63) is 35.1 Å². The molecule has 102 valence electrons. The Morgan fingerprint density at radius 3 is 2.95 bits per heavy atom. The number of hydrogen-bond acceptors (Lipinski definition) is 3. The van der Waals surface area contributed by atoms with E-state index in [0.29, 0.717) is 12.1 Å². The number of terminal acetylenes is 1. The Morgan fingerprint density at radius 2 is 2.37 bits per heavy atom. The maximum Gasteiger partial charge on any atom is 0.173 e. The molecule has 5 heteroatoms. The molecule has 0 bridgehead atoms. The molecule has 0 saturated heterocycles. The van der Waals surface area contributed by atoms with Gasteiger partial charge in [-0.1, -0.05) is 36.6 Å². The van der Waals surface area contributed by atoms with E-state index in [1.807, 2.05) is 6.92 Å². The van der Waals surface area contributed by atoms with Crippen LogP contribution in [0.3, 0.4) is 0 Å². The number of halogens is 1. The van der Waals surface area contributed by atoms with Crippen LogP contribution in [-0.2, 0) is 6.54 Å². The van der Waals surface area contributed by atoms with E-state index in [2.05, 4.69) is 16.4 Å². The van der Waals surface area contributed by atoms with Crippen LogP contribution >= 0.6 is 0 Å². The minimum absolute atomic E-state index is 0.0783. The molecule has 4 nitrogen and oxygen atoms in total. The zero-order chi connectivity index (χ0) is 14.3. The predicted molar refractivity (Wildman–Crippen MR) is 73.3 cm³/mol. The summed E-state index contributed by atoms with van der Waals surface area (Å²) in [6.45, 7) is 2.33. The van der Waals surface area contributed by atoms with Crippen LogP contribution in [0.15, 0.2) is 23.4 Å². The van der Waals surface area contributed by atoms with E-state index >= 15 is 0 Å². The fourth-order valence-corrected chi connectivity index (χ4v) is 1.73. The third-order valence-corrected chi connectivity index (χ3v) is 2.78. The van der Waals surface area contributed by atoms with Crippen molar-refractivity contribution >= 4 is 5.84 Å². The van der Waals surface area contributed by atoms with Crippen molar-refractivity contribution in [1.82, 2.24) is 5.32 Å². The Balaban J connectivity index is 2.83. The average molecular weight is 263 g/mol. The molecule has 19 heavy (non-hydrogen) atoms. The number of hydrogen-bond donors (Lipinski definition) is 3. The van der Waals surface area contributed by atoms with Crippen molar-refractivity contribution in [2.75, 3.05) is 0 Å². The first-order chi connectivity index (χ1) is 9.13. The second-order valence-electron chi connectivity index (χ2n) is 4.15. The fourth-order valence-electron chi connectivity index (χ4n) is 1.73. The topological polar surface area (TPSA) is 70.6 Å². The summed E-state index contributed by atoms with van der Waals surface area (Å²) in [6.07, 6.45) is 7.17. The van der Waals surface area contributed by atoms with Gasteiger partial charge in [0.1, 0.15) is 5.82 Å². The zero-order valence-corrected chi connectivity index (χ0v) is 10.9. The molecular formula is C14H18FN3O. The summed E-state index contributed by atoms with van der Waals surface area (Å²) in [5.41, 5.74) is 5.91. The van der Waals surface area contributed by atoms with E-state index in [-0.39, 0.29) is 17.4 Å². The Kier molecular flexibility index (Phi) is 5.83. The van der Waals surface area contributed by atoms with Gasteiger partial charge in [-0.05, 0) is 12.5 Å². The molecule has 0 spiro atoms. The number of rotatable bonds is 6. The van der Waals surface area contributed by atoms with Crippen LogP contribution in [-0.4, -0.2) is 17.1 Å². The molecule has 0 amide bonds. The van der Waals surface area contributed by atoms with Gasteiger partial charge in [0, 0.05) is 12.1 Å². The molecule has 0 heterocycles. The molecule has 1 rings (SSSR count). The van der Waals surface area contributed by atoms with E-state index in [0.717, 1.165) is 12.8 Å². The lowest BCUT2D eigenvalue weighted by molar-refractivity contribution is 0.318. The quantitative estimate of drug-likeness (QED) is 0.241. The molecule has 4 N–H and O–H groups in total. The summed E-state index contributed by atoms with van der Waals surface area (Å²) in [5.74, 6) is 1.87. The van der Waals surface area contributed by atoms with Crippen LogP contribution in [0.4, 0.5) is 4.39 Å². The van der Waals surface area contributed by atoms with Gasteiger partial charge in [0.2, 0.25) is 0 Å². The van der Waals surface area contributed by atoms with Crippen LogP contribution in [0.1, 0.15) is 30.9 Å². The van der Waals surface area contributed by atoms with Crippen molar-refractivity contribution in [1.29, 1.82) is 0 Å². The summed E-state index contributed by atoms with van der Waals surface area (Å²) in [6, 6.07) is 4.66. The van der Waals surface area contributed by atoms with Crippen LogP contribution in [0.2, 0.25) is 0 Å². The van der Waals surface area contributed by atoms with Gasteiger partial charge >= 0.3 is 0 Å². The van der Waals surface area contributed by atoms with Crippen LogP contribution < -0.4 is 11.1 Å². The summed E-state index contributed by atoms with van der Waals surface area (Å²) in [7, 11) is 0. The smallest absolute Gasteiger partial charge is 0.173 e. The van der Waals surface area contributed by atoms with Gasteiger partial charge in [-0.2, -0.15) is 0 Å². The zero-order valence-electron chi connectivity index (χ0n) is 10.9. The van der Waals surface area contributed by atoms with Crippen LogP contribution in [0, 0.1) is 18.2 Å². The fraction of sp³-hybridized carbons (Fsp3) is 0.357. The number of benzene rings is 1. The number of nitrogens with one attached hydrogen (secondary N) is 1. The lowest BCUT2D eigenvalue weighted by Gasteiger charge is -2.13.